The van der Waals surface area contributed by atoms with E-state index in [1.54, 1.807) is 19.2 Å². The Labute approximate surface area is 144 Å². The molecule has 0 bridgehead atoms. The molecule has 5 nitrogen and oxygen atoms in total. The summed E-state index contributed by atoms with van der Waals surface area (Å²) in [6, 6.07) is 11.6. The number of nitrogens with one attached hydrogen (secondary N) is 1. The summed E-state index contributed by atoms with van der Waals surface area (Å²) in [5.41, 5.74) is 1.43. The van der Waals surface area contributed by atoms with Crippen LogP contribution in [0.1, 0.15) is 17.9 Å². The van der Waals surface area contributed by atoms with Crippen LogP contribution in [-0.4, -0.2) is 30.2 Å². The number of fused-ring (bicyclic) bond motifs is 1. The van der Waals surface area contributed by atoms with E-state index < -0.39 is 5.82 Å². The van der Waals surface area contributed by atoms with E-state index in [9.17, 15) is 4.39 Å². The van der Waals surface area contributed by atoms with Gasteiger partial charge in [0.2, 0.25) is 0 Å². The molecule has 2 atom stereocenters. The number of aromatic nitrogens is 2. The number of para-hydroxylation sites is 1. The lowest BCUT2D eigenvalue weighted by molar-refractivity contribution is 0.388. The maximum absolute atomic E-state index is 14.4. The van der Waals surface area contributed by atoms with Gasteiger partial charge < -0.3 is 14.8 Å². The second kappa shape index (κ2) is 6.20. The lowest BCUT2D eigenvalue weighted by Gasteiger charge is -2.11. The molecule has 0 spiro atoms. The third kappa shape index (κ3) is 2.73. The summed E-state index contributed by atoms with van der Waals surface area (Å²) in [6.07, 6.45) is 2.35. The highest BCUT2D eigenvalue weighted by Crippen LogP contribution is 2.46. The number of ether oxygens (including phenoxy) is 2. The third-order valence-electron chi connectivity index (χ3n) is 4.58. The van der Waals surface area contributed by atoms with Gasteiger partial charge in [0.1, 0.15) is 23.4 Å². The number of methoxy groups -OCH3 is 2. The van der Waals surface area contributed by atoms with Gasteiger partial charge in [-0.3, -0.25) is 0 Å². The van der Waals surface area contributed by atoms with Crippen LogP contribution in [0.4, 0.5) is 10.2 Å². The molecule has 0 saturated heterocycles. The second-order valence-corrected chi connectivity index (χ2v) is 6.04. The molecule has 0 radical (unpaired) electrons. The number of halogens is 1. The van der Waals surface area contributed by atoms with Gasteiger partial charge in [0.15, 0.2) is 11.6 Å². The summed E-state index contributed by atoms with van der Waals surface area (Å²) in [4.78, 5) is 8.35. The topological polar surface area (TPSA) is 56.3 Å². The van der Waals surface area contributed by atoms with Crippen molar-refractivity contribution in [1.29, 1.82) is 0 Å². The van der Waals surface area contributed by atoms with Crippen molar-refractivity contribution in [1.82, 2.24) is 9.97 Å². The monoisotopic (exact) mass is 339 g/mol. The number of hydrogen-bond acceptors (Lipinski definition) is 5. The molecule has 1 heterocycles. The number of benzene rings is 2. The van der Waals surface area contributed by atoms with Crippen molar-refractivity contribution in [2.45, 2.75) is 18.4 Å². The Morgan fingerprint density at radius 2 is 1.84 bits per heavy atom. The zero-order valence-electron chi connectivity index (χ0n) is 14.0. The average molecular weight is 339 g/mol. The van der Waals surface area contributed by atoms with Crippen LogP contribution in [0, 0.1) is 5.82 Å². The minimum absolute atomic E-state index is 0.176. The molecule has 6 heteroatoms. The highest BCUT2D eigenvalue weighted by atomic mass is 19.1. The molecule has 0 amide bonds. The van der Waals surface area contributed by atoms with Gasteiger partial charge in [0.05, 0.1) is 14.2 Å². The molecule has 0 aliphatic heterocycles. The molecule has 1 aliphatic rings. The molecule has 4 rings (SSSR count). The fraction of sp³-hybridized carbons (Fsp3) is 0.263. The van der Waals surface area contributed by atoms with Gasteiger partial charge in [0, 0.05) is 17.3 Å². The maximum Gasteiger partial charge on any atom is 0.191 e. The third-order valence-corrected chi connectivity index (χ3v) is 4.58. The van der Waals surface area contributed by atoms with Gasteiger partial charge in [-0.05, 0) is 30.2 Å². The summed E-state index contributed by atoms with van der Waals surface area (Å²) < 4.78 is 24.8. The first-order valence-electron chi connectivity index (χ1n) is 8.09. The van der Waals surface area contributed by atoms with Gasteiger partial charge in [-0.2, -0.15) is 0 Å². The molecule has 1 fully saturated rings. The lowest BCUT2D eigenvalue weighted by atomic mass is 10.1. The van der Waals surface area contributed by atoms with E-state index >= 15 is 0 Å². The lowest BCUT2D eigenvalue weighted by Crippen LogP contribution is -2.07. The normalized spacial score (nSPS) is 18.8. The molecule has 128 valence electrons. The number of rotatable bonds is 5. The molecule has 0 unspecified atom stereocenters. The van der Waals surface area contributed by atoms with Crippen LogP contribution in [0.2, 0.25) is 0 Å². The maximum atomic E-state index is 14.4. The van der Waals surface area contributed by atoms with Crippen LogP contribution in [0.15, 0.2) is 42.7 Å². The van der Waals surface area contributed by atoms with Crippen molar-refractivity contribution in [3.05, 3.63) is 54.1 Å². The molecule has 1 saturated carbocycles. The highest BCUT2D eigenvalue weighted by molar-refractivity contribution is 5.90. The Kier molecular flexibility index (Phi) is 3.87. The molecule has 25 heavy (non-hydrogen) atoms. The van der Waals surface area contributed by atoms with Gasteiger partial charge in [-0.25, -0.2) is 14.4 Å². The Morgan fingerprint density at radius 3 is 2.64 bits per heavy atom. The van der Waals surface area contributed by atoms with Crippen LogP contribution >= 0.6 is 0 Å². The first-order valence-corrected chi connectivity index (χ1v) is 8.09. The van der Waals surface area contributed by atoms with E-state index in [1.807, 2.05) is 18.2 Å². The SMILES string of the molecule is COc1ccccc1[C@@H]1C[C@H]1Nc1ncnc2c(F)c(OC)ccc12. The van der Waals surface area contributed by atoms with Crippen LogP contribution in [0.5, 0.6) is 11.5 Å². The zero-order valence-corrected chi connectivity index (χ0v) is 14.0. The molecule has 1 aromatic heterocycles. The molecule has 3 aromatic rings. The molecular weight excluding hydrogens is 321 g/mol. The van der Waals surface area contributed by atoms with Crippen molar-refractivity contribution < 1.29 is 13.9 Å². The standard InChI is InChI=1S/C19H18FN3O2/c1-24-15-6-4-3-5-11(15)13-9-14(13)23-19-12-7-8-16(25-2)17(20)18(12)21-10-22-19/h3-8,10,13-14H,9H2,1-2H3,(H,21,22,23)/t13-,14+/m0/s1. The van der Waals surface area contributed by atoms with Gasteiger partial charge >= 0.3 is 0 Å². The van der Waals surface area contributed by atoms with E-state index in [0.717, 1.165) is 12.2 Å². The zero-order chi connectivity index (χ0) is 17.4. The smallest absolute Gasteiger partial charge is 0.191 e. The van der Waals surface area contributed by atoms with E-state index in [1.165, 1.54) is 19.0 Å². The fourth-order valence-electron chi connectivity index (χ4n) is 3.20. The van der Waals surface area contributed by atoms with Crippen molar-refractivity contribution in [3.8, 4) is 11.5 Å². The minimum Gasteiger partial charge on any atom is -0.496 e. The number of hydrogen-bond donors (Lipinski definition) is 1. The van der Waals surface area contributed by atoms with Crippen molar-refractivity contribution in [3.63, 3.8) is 0 Å². The summed E-state index contributed by atoms with van der Waals surface area (Å²) in [7, 11) is 3.12. The Bertz CT molecular complexity index is 932. The van der Waals surface area contributed by atoms with Crippen molar-refractivity contribution in [2.75, 3.05) is 19.5 Å². The molecular formula is C19H18FN3O2. The van der Waals surface area contributed by atoms with Crippen molar-refractivity contribution >= 4 is 16.7 Å². The summed E-state index contributed by atoms with van der Waals surface area (Å²) in [5.74, 6) is 1.58. The molecule has 2 aromatic carbocycles. The number of anilines is 1. The van der Waals surface area contributed by atoms with E-state index in [4.69, 9.17) is 9.47 Å². The summed E-state index contributed by atoms with van der Waals surface area (Å²) >= 11 is 0. The summed E-state index contributed by atoms with van der Waals surface area (Å²) in [6.45, 7) is 0. The molecule has 1 N–H and O–H groups in total. The summed E-state index contributed by atoms with van der Waals surface area (Å²) in [5, 5.41) is 4.05. The Morgan fingerprint density at radius 1 is 1.04 bits per heavy atom. The fourth-order valence-corrected chi connectivity index (χ4v) is 3.20. The van der Waals surface area contributed by atoms with Crippen LogP contribution < -0.4 is 14.8 Å². The predicted molar refractivity (Wildman–Crippen MR) is 93.8 cm³/mol. The second-order valence-electron chi connectivity index (χ2n) is 6.04. The van der Waals surface area contributed by atoms with E-state index in [-0.39, 0.29) is 17.3 Å². The van der Waals surface area contributed by atoms with Gasteiger partial charge in [-0.15, -0.1) is 0 Å². The highest BCUT2D eigenvalue weighted by Gasteiger charge is 2.40. The average Bonchev–Trinajstić information content (AvgIpc) is 3.41. The van der Waals surface area contributed by atoms with Crippen LogP contribution in [-0.2, 0) is 0 Å². The van der Waals surface area contributed by atoms with Gasteiger partial charge in [-0.1, -0.05) is 18.2 Å². The van der Waals surface area contributed by atoms with Crippen LogP contribution in [0.3, 0.4) is 0 Å². The van der Waals surface area contributed by atoms with E-state index in [0.29, 0.717) is 17.1 Å². The number of nitrogens with zero attached hydrogens (tertiary/aromatic N) is 2. The largest absolute Gasteiger partial charge is 0.496 e. The van der Waals surface area contributed by atoms with Gasteiger partial charge in [0.25, 0.3) is 0 Å². The van der Waals surface area contributed by atoms with Crippen LogP contribution in [0.25, 0.3) is 10.9 Å². The van der Waals surface area contributed by atoms with E-state index in [2.05, 4.69) is 21.4 Å². The quantitative estimate of drug-likeness (QED) is 0.767. The molecule has 1 aliphatic carbocycles. The first kappa shape index (κ1) is 15.6. The predicted octanol–water partition coefficient (Wildman–Crippen LogP) is 3.75. The minimum atomic E-state index is -0.470. The Balaban J connectivity index is 1.61. The first-order chi connectivity index (χ1) is 12.2. The van der Waals surface area contributed by atoms with Crippen molar-refractivity contribution in [2.24, 2.45) is 0 Å². The Hall–Kier alpha value is -2.89.